The molecule has 2 aromatic carbocycles. The molecule has 0 aliphatic rings. The van der Waals surface area contributed by atoms with Crippen LogP contribution in [0, 0.1) is 0 Å². The van der Waals surface area contributed by atoms with Gasteiger partial charge in [-0.1, -0.05) is 59.6 Å². The Hall–Kier alpha value is -3.14. The molecule has 3 nitrogen and oxygen atoms in total. The maximum Gasteiger partial charge on any atom is 0.0738 e. The number of hydrogen-bond acceptors (Lipinski definition) is 3. The van der Waals surface area contributed by atoms with E-state index in [1.807, 2.05) is 54.6 Å². The van der Waals surface area contributed by atoms with Crippen LogP contribution in [0.1, 0.15) is 17.0 Å². The standard InChI is InChI=1S/C24H17Cl2N3/c25-18-7-8-22(27)20(13-18)17-6-9-23(29-15-17)21(12-16-4-2-1-3-5-16)24-14-19(26)10-11-28-24/h1-15H,27H2/b21-12+. The van der Waals surface area contributed by atoms with Crippen LogP contribution in [-0.2, 0) is 0 Å². The quantitative estimate of drug-likeness (QED) is 0.379. The van der Waals surface area contributed by atoms with Crippen molar-refractivity contribution in [1.82, 2.24) is 9.97 Å². The van der Waals surface area contributed by atoms with Crippen molar-refractivity contribution in [2.45, 2.75) is 0 Å². The summed E-state index contributed by atoms with van der Waals surface area (Å²) >= 11 is 12.3. The molecule has 0 atom stereocenters. The molecule has 29 heavy (non-hydrogen) atoms. The van der Waals surface area contributed by atoms with Gasteiger partial charge in [-0.25, -0.2) is 0 Å². The van der Waals surface area contributed by atoms with Gasteiger partial charge in [-0.05, 0) is 48.0 Å². The lowest BCUT2D eigenvalue weighted by molar-refractivity contribution is 1.23. The van der Waals surface area contributed by atoms with Crippen LogP contribution in [0.3, 0.4) is 0 Å². The molecular weight excluding hydrogens is 401 g/mol. The van der Waals surface area contributed by atoms with Crippen molar-refractivity contribution in [2.75, 3.05) is 5.73 Å². The molecule has 0 fully saturated rings. The van der Waals surface area contributed by atoms with Gasteiger partial charge in [0.2, 0.25) is 0 Å². The number of rotatable bonds is 4. The van der Waals surface area contributed by atoms with Crippen LogP contribution in [0.25, 0.3) is 22.8 Å². The van der Waals surface area contributed by atoms with Gasteiger partial charge in [0, 0.05) is 44.8 Å². The number of nitrogens with zero attached hydrogens (tertiary/aromatic N) is 2. The van der Waals surface area contributed by atoms with Crippen LogP contribution >= 0.6 is 23.2 Å². The zero-order valence-electron chi connectivity index (χ0n) is 15.4. The van der Waals surface area contributed by atoms with Crippen LogP contribution in [-0.4, -0.2) is 9.97 Å². The summed E-state index contributed by atoms with van der Waals surface area (Å²) in [5.74, 6) is 0. The Morgan fingerprint density at radius 1 is 0.793 bits per heavy atom. The monoisotopic (exact) mass is 417 g/mol. The Kier molecular flexibility index (Phi) is 5.61. The van der Waals surface area contributed by atoms with E-state index in [-0.39, 0.29) is 0 Å². The Labute approximate surface area is 179 Å². The molecule has 4 rings (SSSR count). The van der Waals surface area contributed by atoms with Crippen molar-refractivity contribution in [3.63, 3.8) is 0 Å². The average molecular weight is 418 g/mol. The first kappa shape index (κ1) is 19.2. The number of hydrogen-bond donors (Lipinski definition) is 1. The van der Waals surface area contributed by atoms with E-state index < -0.39 is 0 Å². The molecule has 142 valence electrons. The van der Waals surface area contributed by atoms with Crippen molar-refractivity contribution in [2.24, 2.45) is 0 Å². The Balaban J connectivity index is 1.79. The molecular formula is C24H17Cl2N3. The van der Waals surface area contributed by atoms with Gasteiger partial charge in [0.25, 0.3) is 0 Å². The molecule has 2 N–H and O–H groups in total. The van der Waals surface area contributed by atoms with E-state index in [4.69, 9.17) is 28.9 Å². The molecule has 0 unspecified atom stereocenters. The average Bonchev–Trinajstić information content (AvgIpc) is 2.75. The van der Waals surface area contributed by atoms with E-state index in [2.05, 4.69) is 16.0 Å². The van der Waals surface area contributed by atoms with Gasteiger partial charge in [-0.15, -0.1) is 0 Å². The van der Waals surface area contributed by atoms with Crippen molar-refractivity contribution < 1.29 is 0 Å². The molecule has 2 heterocycles. The summed E-state index contributed by atoms with van der Waals surface area (Å²) in [7, 11) is 0. The molecule has 0 aliphatic carbocycles. The Morgan fingerprint density at radius 2 is 1.59 bits per heavy atom. The van der Waals surface area contributed by atoms with Gasteiger partial charge < -0.3 is 5.73 Å². The third-order valence-corrected chi connectivity index (χ3v) is 4.94. The predicted octanol–water partition coefficient (Wildman–Crippen LogP) is 6.62. The van der Waals surface area contributed by atoms with Gasteiger partial charge >= 0.3 is 0 Å². The SMILES string of the molecule is Nc1ccc(Cl)cc1-c1ccc(/C(=C\c2ccccc2)c2cc(Cl)ccn2)nc1. The normalized spacial score (nSPS) is 11.4. The zero-order chi connectivity index (χ0) is 20.2. The van der Waals surface area contributed by atoms with E-state index in [9.17, 15) is 0 Å². The van der Waals surface area contributed by atoms with Crippen LogP contribution in [0.2, 0.25) is 10.0 Å². The first-order chi connectivity index (χ1) is 14.1. The van der Waals surface area contributed by atoms with Gasteiger partial charge in [0.05, 0.1) is 11.4 Å². The highest BCUT2D eigenvalue weighted by molar-refractivity contribution is 6.31. The minimum absolute atomic E-state index is 0.622. The minimum Gasteiger partial charge on any atom is -0.398 e. The fraction of sp³-hybridized carbons (Fsp3) is 0. The summed E-state index contributed by atoms with van der Waals surface area (Å²) in [5, 5.41) is 1.25. The lowest BCUT2D eigenvalue weighted by atomic mass is 10.0. The van der Waals surface area contributed by atoms with E-state index in [1.165, 1.54) is 0 Å². The van der Waals surface area contributed by atoms with Crippen molar-refractivity contribution in [1.29, 1.82) is 0 Å². The number of nitrogen functional groups attached to an aromatic ring is 1. The molecule has 0 saturated carbocycles. The second-order valence-corrected chi connectivity index (χ2v) is 7.36. The number of aromatic nitrogens is 2. The summed E-state index contributed by atoms with van der Waals surface area (Å²) < 4.78 is 0. The number of halogens is 2. The lowest BCUT2D eigenvalue weighted by Crippen LogP contribution is -1.96. The van der Waals surface area contributed by atoms with Crippen LogP contribution in [0.4, 0.5) is 5.69 Å². The van der Waals surface area contributed by atoms with Crippen LogP contribution in [0.5, 0.6) is 0 Å². The lowest BCUT2D eigenvalue weighted by Gasteiger charge is -2.10. The van der Waals surface area contributed by atoms with Gasteiger partial charge in [0.15, 0.2) is 0 Å². The third-order valence-electron chi connectivity index (χ3n) is 4.47. The molecule has 0 radical (unpaired) electrons. The maximum atomic E-state index is 6.20. The topological polar surface area (TPSA) is 51.8 Å². The molecule has 0 spiro atoms. The highest BCUT2D eigenvalue weighted by Crippen LogP contribution is 2.30. The molecule has 0 saturated heterocycles. The van der Waals surface area contributed by atoms with Gasteiger partial charge in [-0.3, -0.25) is 9.97 Å². The van der Waals surface area contributed by atoms with Crippen LogP contribution < -0.4 is 5.73 Å². The second-order valence-electron chi connectivity index (χ2n) is 6.49. The van der Waals surface area contributed by atoms with E-state index in [1.54, 1.807) is 30.6 Å². The van der Waals surface area contributed by atoms with Crippen molar-refractivity contribution in [3.8, 4) is 11.1 Å². The van der Waals surface area contributed by atoms with E-state index in [0.717, 1.165) is 33.7 Å². The summed E-state index contributed by atoms with van der Waals surface area (Å²) in [6.07, 6.45) is 5.53. The molecule has 2 aromatic heterocycles. The molecule has 0 amide bonds. The van der Waals surface area contributed by atoms with Gasteiger partial charge in [0.1, 0.15) is 0 Å². The highest BCUT2D eigenvalue weighted by atomic mass is 35.5. The maximum absolute atomic E-state index is 6.20. The molecule has 0 bridgehead atoms. The molecule has 4 aromatic rings. The summed E-state index contributed by atoms with van der Waals surface area (Å²) in [6.45, 7) is 0. The third kappa shape index (κ3) is 4.48. The number of benzene rings is 2. The summed E-state index contributed by atoms with van der Waals surface area (Å²) in [5.41, 5.74) is 12.0. The largest absolute Gasteiger partial charge is 0.398 e. The number of anilines is 1. The summed E-state index contributed by atoms with van der Waals surface area (Å²) in [4.78, 5) is 9.17. The first-order valence-corrected chi connectivity index (χ1v) is 9.76. The fourth-order valence-corrected chi connectivity index (χ4v) is 3.37. The Bertz CT molecular complexity index is 1170. The van der Waals surface area contributed by atoms with Crippen molar-refractivity contribution >= 4 is 40.5 Å². The Morgan fingerprint density at radius 3 is 2.31 bits per heavy atom. The van der Waals surface area contributed by atoms with Crippen LogP contribution in [0.15, 0.2) is 85.2 Å². The number of pyridine rings is 2. The molecule has 0 aliphatic heterocycles. The number of nitrogens with two attached hydrogens (primary N) is 1. The highest BCUT2D eigenvalue weighted by Gasteiger charge is 2.11. The fourth-order valence-electron chi connectivity index (χ4n) is 3.04. The second kappa shape index (κ2) is 8.48. The van der Waals surface area contributed by atoms with E-state index in [0.29, 0.717) is 15.7 Å². The van der Waals surface area contributed by atoms with Gasteiger partial charge in [-0.2, -0.15) is 0 Å². The predicted molar refractivity (Wildman–Crippen MR) is 122 cm³/mol. The minimum atomic E-state index is 0.622. The summed E-state index contributed by atoms with van der Waals surface area (Å²) in [6, 6.07) is 23.0. The zero-order valence-corrected chi connectivity index (χ0v) is 16.9. The van der Waals surface area contributed by atoms with Crippen molar-refractivity contribution in [3.05, 3.63) is 112 Å². The smallest absolute Gasteiger partial charge is 0.0738 e. The molecule has 5 heteroatoms. The first-order valence-electron chi connectivity index (χ1n) is 9.01. The van der Waals surface area contributed by atoms with E-state index >= 15 is 0 Å².